The van der Waals surface area contributed by atoms with Crippen LogP contribution in [0.3, 0.4) is 0 Å². The zero-order valence-corrected chi connectivity index (χ0v) is 14.1. The maximum Gasteiger partial charge on any atom is 0.418 e. The lowest BCUT2D eigenvalue weighted by Gasteiger charge is -2.23. The fourth-order valence-corrected chi connectivity index (χ4v) is 3.16. The maximum atomic E-state index is 13.1. The lowest BCUT2D eigenvalue weighted by molar-refractivity contribution is -0.136. The number of nitrogens with one attached hydrogen (secondary N) is 2. The highest BCUT2D eigenvalue weighted by molar-refractivity contribution is 6.05. The third-order valence-electron chi connectivity index (χ3n) is 4.46. The molecule has 1 saturated carbocycles. The average molecular weight is 363 g/mol. The van der Waals surface area contributed by atoms with E-state index >= 15 is 0 Å². The van der Waals surface area contributed by atoms with Gasteiger partial charge in [0.1, 0.15) is 0 Å². The molecule has 0 aliphatic heterocycles. The molecule has 4 nitrogen and oxygen atoms in total. The van der Waals surface area contributed by atoms with Gasteiger partial charge in [-0.1, -0.05) is 31.4 Å². The molecular weight excluding hydrogens is 343 g/mol. The number of nitrogens with zero attached hydrogens (tertiary/aromatic N) is 1. The predicted octanol–water partition coefficient (Wildman–Crippen LogP) is 5.10. The van der Waals surface area contributed by atoms with E-state index < -0.39 is 17.6 Å². The fourth-order valence-electron chi connectivity index (χ4n) is 3.16. The number of amides is 1. The van der Waals surface area contributed by atoms with E-state index in [1.807, 2.05) is 0 Å². The lowest BCUT2D eigenvalue weighted by Crippen LogP contribution is -2.22. The molecule has 7 heteroatoms. The molecule has 2 N–H and O–H groups in total. The third kappa shape index (κ3) is 4.53. The van der Waals surface area contributed by atoms with Crippen molar-refractivity contribution in [2.75, 3.05) is 10.6 Å². The Bertz CT molecular complexity index is 771. The molecule has 1 aromatic heterocycles. The number of hydrogen-bond donors (Lipinski definition) is 2. The first-order valence-corrected chi connectivity index (χ1v) is 8.62. The summed E-state index contributed by atoms with van der Waals surface area (Å²) in [4.78, 5) is 16.4. The number of pyridine rings is 1. The van der Waals surface area contributed by atoms with E-state index in [2.05, 4.69) is 15.6 Å². The van der Waals surface area contributed by atoms with E-state index in [1.165, 1.54) is 43.7 Å². The van der Waals surface area contributed by atoms with E-state index in [9.17, 15) is 18.0 Å². The smallest absolute Gasteiger partial charge is 0.381 e. The standard InChI is InChI=1S/C19H20F3N3O/c20-19(21,22)16-8-4-5-9-17(16)25-18(26)13-10-15(12-23-11-13)24-14-6-2-1-3-7-14/h4-5,8-12,14,24H,1-3,6-7H2,(H,25,26). The van der Waals surface area contributed by atoms with E-state index in [4.69, 9.17) is 0 Å². The van der Waals surface area contributed by atoms with E-state index in [-0.39, 0.29) is 11.3 Å². The second-order valence-electron chi connectivity index (χ2n) is 6.44. The Kier molecular flexibility index (Phi) is 5.44. The van der Waals surface area contributed by atoms with Gasteiger partial charge in [0.25, 0.3) is 5.91 Å². The van der Waals surface area contributed by atoms with Crippen molar-refractivity contribution in [2.24, 2.45) is 0 Å². The van der Waals surface area contributed by atoms with Crippen LogP contribution >= 0.6 is 0 Å². The molecule has 1 amide bonds. The second-order valence-corrected chi connectivity index (χ2v) is 6.44. The van der Waals surface area contributed by atoms with Gasteiger partial charge < -0.3 is 10.6 Å². The molecule has 0 atom stereocenters. The molecule has 2 aromatic rings. The van der Waals surface area contributed by atoms with Gasteiger partial charge in [-0.25, -0.2) is 0 Å². The minimum Gasteiger partial charge on any atom is -0.381 e. The van der Waals surface area contributed by atoms with Crippen molar-refractivity contribution < 1.29 is 18.0 Å². The first-order valence-electron chi connectivity index (χ1n) is 8.62. The summed E-state index contributed by atoms with van der Waals surface area (Å²) < 4.78 is 39.2. The third-order valence-corrected chi connectivity index (χ3v) is 4.46. The molecule has 1 heterocycles. The number of anilines is 2. The van der Waals surface area contributed by atoms with Crippen LogP contribution in [0.4, 0.5) is 24.5 Å². The van der Waals surface area contributed by atoms with Gasteiger partial charge in [-0.2, -0.15) is 13.2 Å². The number of carbonyl (C=O) groups is 1. The molecule has 0 spiro atoms. The Morgan fingerprint density at radius 1 is 1.08 bits per heavy atom. The number of hydrogen-bond acceptors (Lipinski definition) is 3. The molecule has 1 aliphatic rings. The van der Waals surface area contributed by atoms with Crippen molar-refractivity contribution in [1.29, 1.82) is 0 Å². The number of para-hydroxylation sites is 1. The van der Waals surface area contributed by atoms with Crippen LogP contribution in [0.5, 0.6) is 0 Å². The van der Waals surface area contributed by atoms with Crippen LogP contribution < -0.4 is 10.6 Å². The lowest BCUT2D eigenvalue weighted by atomic mass is 9.95. The molecule has 0 bridgehead atoms. The summed E-state index contributed by atoms with van der Waals surface area (Å²) in [6.07, 6.45) is 4.13. The number of alkyl halides is 3. The molecule has 3 rings (SSSR count). The predicted molar refractivity (Wildman–Crippen MR) is 94.1 cm³/mol. The van der Waals surface area contributed by atoms with Gasteiger partial charge in [0, 0.05) is 18.4 Å². The summed E-state index contributed by atoms with van der Waals surface area (Å²) in [5, 5.41) is 5.69. The highest BCUT2D eigenvalue weighted by atomic mass is 19.4. The molecule has 1 aromatic carbocycles. The first kappa shape index (κ1) is 18.2. The summed E-state index contributed by atoms with van der Waals surface area (Å²) in [5.41, 5.74) is -0.232. The van der Waals surface area contributed by atoms with Gasteiger partial charge in [0.05, 0.1) is 22.5 Å². The number of benzene rings is 1. The van der Waals surface area contributed by atoms with Crippen LogP contribution in [0.1, 0.15) is 48.0 Å². The van der Waals surface area contributed by atoms with E-state index in [0.717, 1.165) is 18.9 Å². The zero-order valence-electron chi connectivity index (χ0n) is 14.1. The minimum absolute atomic E-state index is 0.211. The van der Waals surface area contributed by atoms with Gasteiger partial charge in [-0.15, -0.1) is 0 Å². The minimum atomic E-state index is -4.54. The molecule has 1 aliphatic carbocycles. The van der Waals surface area contributed by atoms with Crippen LogP contribution in [0.2, 0.25) is 0 Å². The fraction of sp³-hybridized carbons (Fsp3) is 0.368. The van der Waals surface area contributed by atoms with Crippen molar-refractivity contribution in [3.8, 4) is 0 Å². The molecular formula is C19H20F3N3O. The summed E-state index contributed by atoms with van der Waals surface area (Å²) in [7, 11) is 0. The quantitative estimate of drug-likeness (QED) is 0.795. The Morgan fingerprint density at radius 3 is 2.54 bits per heavy atom. The molecule has 0 radical (unpaired) electrons. The van der Waals surface area contributed by atoms with Crippen LogP contribution in [0.15, 0.2) is 42.7 Å². The molecule has 0 unspecified atom stereocenters. The van der Waals surface area contributed by atoms with Gasteiger partial charge in [0.2, 0.25) is 0 Å². The average Bonchev–Trinajstić information content (AvgIpc) is 2.62. The van der Waals surface area contributed by atoms with E-state index in [1.54, 1.807) is 12.3 Å². The number of carbonyl (C=O) groups excluding carboxylic acids is 1. The SMILES string of the molecule is O=C(Nc1ccccc1C(F)(F)F)c1cncc(NC2CCCCC2)c1. The largest absolute Gasteiger partial charge is 0.418 e. The van der Waals surface area contributed by atoms with Crippen molar-refractivity contribution >= 4 is 17.3 Å². The maximum absolute atomic E-state index is 13.1. The molecule has 0 saturated heterocycles. The van der Waals surface area contributed by atoms with Crippen molar-refractivity contribution in [3.63, 3.8) is 0 Å². The normalized spacial score (nSPS) is 15.5. The number of rotatable bonds is 4. The van der Waals surface area contributed by atoms with Crippen LogP contribution in [-0.4, -0.2) is 16.9 Å². The van der Waals surface area contributed by atoms with Crippen LogP contribution in [-0.2, 0) is 6.18 Å². The summed E-state index contributed by atoms with van der Waals surface area (Å²) in [6.45, 7) is 0. The zero-order chi connectivity index (χ0) is 18.6. The highest BCUT2D eigenvalue weighted by Crippen LogP contribution is 2.34. The Hall–Kier alpha value is -2.57. The molecule has 26 heavy (non-hydrogen) atoms. The van der Waals surface area contributed by atoms with Gasteiger partial charge in [-0.05, 0) is 31.0 Å². The number of aromatic nitrogens is 1. The second kappa shape index (κ2) is 7.76. The Labute approximate surface area is 149 Å². The van der Waals surface area contributed by atoms with Crippen LogP contribution in [0, 0.1) is 0 Å². The Balaban J connectivity index is 1.73. The van der Waals surface area contributed by atoms with E-state index in [0.29, 0.717) is 11.7 Å². The van der Waals surface area contributed by atoms with Crippen molar-refractivity contribution in [1.82, 2.24) is 4.98 Å². The summed E-state index contributed by atoms with van der Waals surface area (Å²) >= 11 is 0. The summed E-state index contributed by atoms with van der Waals surface area (Å²) in [6, 6.07) is 6.87. The van der Waals surface area contributed by atoms with Gasteiger partial charge in [0.15, 0.2) is 0 Å². The monoisotopic (exact) mass is 363 g/mol. The first-order chi connectivity index (χ1) is 12.4. The Morgan fingerprint density at radius 2 is 1.81 bits per heavy atom. The van der Waals surface area contributed by atoms with Gasteiger partial charge >= 0.3 is 6.18 Å². The highest BCUT2D eigenvalue weighted by Gasteiger charge is 2.33. The molecule has 138 valence electrons. The topological polar surface area (TPSA) is 54.0 Å². The van der Waals surface area contributed by atoms with Gasteiger partial charge in [-0.3, -0.25) is 9.78 Å². The van der Waals surface area contributed by atoms with Crippen LogP contribution in [0.25, 0.3) is 0 Å². The molecule has 1 fully saturated rings. The number of halogens is 3. The summed E-state index contributed by atoms with van der Waals surface area (Å²) in [5.74, 6) is -0.624. The van der Waals surface area contributed by atoms with Crippen molar-refractivity contribution in [3.05, 3.63) is 53.9 Å². The van der Waals surface area contributed by atoms with Crippen molar-refractivity contribution in [2.45, 2.75) is 44.3 Å².